The van der Waals surface area contributed by atoms with Crippen LogP contribution in [0.25, 0.3) is 0 Å². The van der Waals surface area contributed by atoms with Crippen molar-refractivity contribution in [3.05, 3.63) is 0 Å². The van der Waals surface area contributed by atoms with Crippen LogP contribution in [0.2, 0.25) is 0 Å². The molecule has 2 unspecified atom stereocenters. The molecule has 7 nitrogen and oxygen atoms in total. The molecule has 0 aromatic heterocycles. The SMILES string of the molecule is CNC(=O)[C@@H]1[C@@H]2CCC3(S2)C(C(=O)NC2CCCCC2)N([C@H](C)CO)C(=O)[C@H]13. The Morgan fingerprint density at radius 2 is 1.96 bits per heavy atom. The fourth-order valence-corrected chi connectivity index (χ4v) is 8.15. The van der Waals surface area contributed by atoms with Crippen LogP contribution >= 0.6 is 11.8 Å². The molecule has 156 valence electrons. The van der Waals surface area contributed by atoms with Gasteiger partial charge in [-0.25, -0.2) is 0 Å². The Kier molecular flexibility index (Phi) is 5.37. The van der Waals surface area contributed by atoms with Crippen molar-refractivity contribution in [1.29, 1.82) is 0 Å². The van der Waals surface area contributed by atoms with E-state index >= 15 is 0 Å². The van der Waals surface area contributed by atoms with Crippen LogP contribution in [0.3, 0.4) is 0 Å². The van der Waals surface area contributed by atoms with Gasteiger partial charge in [0, 0.05) is 18.3 Å². The Hall–Kier alpha value is -1.28. The zero-order valence-corrected chi connectivity index (χ0v) is 17.5. The summed E-state index contributed by atoms with van der Waals surface area (Å²) >= 11 is 1.67. The van der Waals surface area contributed by atoms with Gasteiger partial charge < -0.3 is 20.6 Å². The number of likely N-dealkylation sites (tertiary alicyclic amines) is 1. The van der Waals surface area contributed by atoms with Gasteiger partial charge in [0.2, 0.25) is 17.7 Å². The van der Waals surface area contributed by atoms with Gasteiger partial charge in [-0.1, -0.05) is 19.3 Å². The summed E-state index contributed by atoms with van der Waals surface area (Å²) in [7, 11) is 1.60. The number of rotatable bonds is 5. The molecule has 1 spiro atoms. The number of nitrogens with one attached hydrogen (secondary N) is 2. The van der Waals surface area contributed by atoms with Crippen LogP contribution < -0.4 is 10.6 Å². The number of hydrogen-bond acceptors (Lipinski definition) is 5. The Morgan fingerprint density at radius 3 is 2.61 bits per heavy atom. The van der Waals surface area contributed by atoms with E-state index in [-0.39, 0.29) is 35.6 Å². The summed E-state index contributed by atoms with van der Waals surface area (Å²) in [6.45, 7) is 1.59. The number of nitrogens with zero attached hydrogens (tertiary/aromatic N) is 1. The van der Waals surface area contributed by atoms with Gasteiger partial charge in [0.1, 0.15) is 6.04 Å². The van der Waals surface area contributed by atoms with Crippen molar-refractivity contribution < 1.29 is 19.5 Å². The van der Waals surface area contributed by atoms with Crippen molar-refractivity contribution in [1.82, 2.24) is 15.5 Å². The molecule has 4 fully saturated rings. The first kappa shape index (κ1) is 20.0. The molecule has 1 aliphatic carbocycles. The van der Waals surface area contributed by atoms with Gasteiger partial charge in [-0.05, 0) is 32.6 Å². The average molecular weight is 410 g/mol. The van der Waals surface area contributed by atoms with E-state index in [4.69, 9.17) is 0 Å². The summed E-state index contributed by atoms with van der Waals surface area (Å²) in [6.07, 6.45) is 7.03. The first-order valence-corrected chi connectivity index (χ1v) is 11.5. The Labute approximate surface area is 170 Å². The summed E-state index contributed by atoms with van der Waals surface area (Å²) in [5, 5.41) is 15.8. The number of fused-ring (bicyclic) bond motifs is 1. The van der Waals surface area contributed by atoms with Crippen LogP contribution in [0.15, 0.2) is 0 Å². The third-order valence-electron chi connectivity index (χ3n) is 7.23. The maximum atomic E-state index is 13.5. The minimum absolute atomic E-state index is 0.0884. The molecule has 0 aromatic carbocycles. The van der Waals surface area contributed by atoms with Crippen molar-refractivity contribution in [2.75, 3.05) is 13.7 Å². The number of amides is 3. The molecule has 4 aliphatic rings. The summed E-state index contributed by atoms with van der Waals surface area (Å²) in [4.78, 5) is 41.1. The second-order valence-electron chi connectivity index (χ2n) is 8.79. The molecule has 3 saturated heterocycles. The second kappa shape index (κ2) is 7.52. The third kappa shape index (κ3) is 2.86. The van der Waals surface area contributed by atoms with Gasteiger partial charge in [-0.3, -0.25) is 14.4 Å². The highest BCUT2D eigenvalue weighted by Gasteiger charge is 2.73. The molecule has 2 bridgehead atoms. The molecular formula is C20H31N3O4S. The Morgan fingerprint density at radius 1 is 1.25 bits per heavy atom. The maximum Gasteiger partial charge on any atom is 0.244 e. The first-order chi connectivity index (χ1) is 13.4. The Bertz CT molecular complexity index is 668. The molecule has 0 radical (unpaired) electrons. The zero-order chi connectivity index (χ0) is 20.1. The highest BCUT2D eigenvalue weighted by Crippen LogP contribution is 2.66. The normalized spacial score (nSPS) is 38.4. The van der Waals surface area contributed by atoms with E-state index in [0.717, 1.165) is 38.5 Å². The second-order valence-corrected chi connectivity index (χ2v) is 10.4. The lowest BCUT2D eigenvalue weighted by molar-refractivity contribution is -0.142. The molecular weight excluding hydrogens is 378 g/mol. The van der Waals surface area contributed by atoms with Crippen LogP contribution in [0.1, 0.15) is 51.9 Å². The molecule has 4 rings (SSSR count). The molecule has 3 amide bonds. The lowest BCUT2D eigenvalue weighted by atomic mass is 9.70. The number of thioether (sulfide) groups is 1. The molecule has 3 heterocycles. The molecule has 6 atom stereocenters. The topological polar surface area (TPSA) is 98.7 Å². The van der Waals surface area contributed by atoms with E-state index < -0.39 is 28.7 Å². The number of aliphatic hydroxyl groups excluding tert-OH is 1. The predicted molar refractivity (Wildman–Crippen MR) is 107 cm³/mol. The third-order valence-corrected chi connectivity index (χ3v) is 9.18. The summed E-state index contributed by atoms with van der Waals surface area (Å²) < 4.78 is -0.554. The highest BCUT2D eigenvalue weighted by atomic mass is 32.2. The van der Waals surface area contributed by atoms with Crippen LogP contribution in [-0.2, 0) is 14.4 Å². The van der Waals surface area contributed by atoms with Crippen LogP contribution in [0, 0.1) is 11.8 Å². The van der Waals surface area contributed by atoms with Crippen molar-refractivity contribution in [2.24, 2.45) is 11.8 Å². The summed E-state index contributed by atoms with van der Waals surface area (Å²) in [6, 6.07) is -0.894. The lowest BCUT2D eigenvalue weighted by Gasteiger charge is -2.37. The van der Waals surface area contributed by atoms with Crippen molar-refractivity contribution in [3.63, 3.8) is 0 Å². The van der Waals surface area contributed by atoms with Crippen molar-refractivity contribution in [3.8, 4) is 0 Å². The van der Waals surface area contributed by atoms with Gasteiger partial charge in [0.05, 0.1) is 29.2 Å². The minimum atomic E-state index is -0.612. The largest absolute Gasteiger partial charge is 0.394 e. The summed E-state index contributed by atoms with van der Waals surface area (Å²) in [5.41, 5.74) is 0. The van der Waals surface area contributed by atoms with Crippen molar-refractivity contribution in [2.45, 2.75) is 80.0 Å². The van der Waals surface area contributed by atoms with Gasteiger partial charge in [-0.2, -0.15) is 0 Å². The predicted octanol–water partition coefficient (Wildman–Crippen LogP) is 0.653. The van der Waals surface area contributed by atoms with E-state index in [9.17, 15) is 19.5 Å². The van der Waals surface area contributed by atoms with E-state index in [1.807, 2.05) is 0 Å². The van der Waals surface area contributed by atoms with Crippen LogP contribution in [-0.4, -0.2) is 69.5 Å². The monoisotopic (exact) mass is 409 g/mol. The lowest BCUT2D eigenvalue weighted by Crippen LogP contribution is -2.57. The molecule has 1 saturated carbocycles. The van der Waals surface area contributed by atoms with Gasteiger partial charge in [0.25, 0.3) is 0 Å². The van der Waals surface area contributed by atoms with E-state index in [1.165, 1.54) is 6.42 Å². The minimum Gasteiger partial charge on any atom is -0.394 e. The Balaban J connectivity index is 1.67. The average Bonchev–Trinajstić information content (AvgIpc) is 3.34. The van der Waals surface area contributed by atoms with Gasteiger partial charge in [-0.15, -0.1) is 11.8 Å². The number of aliphatic hydroxyl groups is 1. The van der Waals surface area contributed by atoms with E-state index in [0.29, 0.717) is 0 Å². The molecule has 8 heteroatoms. The molecule has 3 N–H and O–H groups in total. The maximum absolute atomic E-state index is 13.5. The number of hydrogen-bond donors (Lipinski definition) is 3. The van der Waals surface area contributed by atoms with E-state index in [2.05, 4.69) is 10.6 Å². The van der Waals surface area contributed by atoms with Crippen LogP contribution in [0.4, 0.5) is 0 Å². The van der Waals surface area contributed by atoms with E-state index in [1.54, 1.807) is 30.6 Å². The smallest absolute Gasteiger partial charge is 0.244 e. The quantitative estimate of drug-likeness (QED) is 0.619. The van der Waals surface area contributed by atoms with Crippen molar-refractivity contribution >= 4 is 29.5 Å². The van der Waals surface area contributed by atoms with Gasteiger partial charge >= 0.3 is 0 Å². The highest BCUT2D eigenvalue weighted by molar-refractivity contribution is 8.02. The fraction of sp³-hybridized carbons (Fsp3) is 0.850. The first-order valence-electron chi connectivity index (χ1n) is 10.6. The van der Waals surface area contributed by atoms with Crippen LogP contribution in [0.5, 0.6) is 0 Å². The number of carbonyl (C=O) groups excluding carboxylic acids is 3. The standard InChI is InChI=1S/C20H31N3O4S/c1-11(10-24)23-16(18(26)22-12-6-4-3-5-7-12)20-9-8-13(28-20)14(17(25)21-2)15(20)19(23)27/h11-16,24H,3-10H2,1-2H3,(H,21,25)(H,22,26)/t11-,13+,14-,15+,16?,20?/m1/s1. The zero-order valence-electron chi connectivity index (χ0n) is 16.6. The molecule has 0 aromatic rings. The van der Waals surface area contributed by atoms with Gasteiger partial charge in [0.15, 0.2) is 0 Å². The number of carbonyl (C=O) groups is 3. The molecule has 28 heavy (non-hydrogen) atoms. The summed E-state index contributed by atoms with van der Waals surface area (Å²) in [5.74, 6) is -1.23. The fourth-order valence-electron chi connectivity index (χ4n) is 5.95. The molecule has 3 aliphatic heterocycles.